The second kappa shape index (κ2) is 9.82. The zero-order valence-electron chi connectivity index (χ0n) is 17.2. The Morgan fingerprint density at radius 3 is 2.43 bits per heavy atom. The molecule has 0 aliphatic carbocycles. The maximum absolute atomic E-state index is 12.7. The third kappa shape index (κ3) is 5.53. The monoisotopic (exact) mass is 412 g/mol. The van der Waals surface area contributed by atoms with E-state index in [2.05, 4.69) is 13.8 Å². The number of fused-ring (bicyclic) bond motifs is 1. The van der Waals surface area contributed by atoms with Gasteiger partial charge in [0.1, 0.15) is 29.1 Å². The fourth-order valence-corrected chi connectivity index (χ4v) is 2.61. The molecular formula is C23H24O7. The van der Waals surface area contributed by atoms with E-state index in [0.29, 0.717) is 40.7 Å². The first kappa shape index (κ1) is 21.2. The van der Waals surface area contributed by atoms with E-state index in [0.717, 1.165) is 6.42 Å². The van der Waals surface area contributed by atoms with Crippen molar-refractivity contribution in [3.05, 3.63) is 59.0 Å². The smallest absolute Gasteiger partial charge is 0.344 e. The van der Waals surface area contributed by atoms with E-state index in [1.54, 1.807) is 49.6 Å². The van der Waals surface area contributed by atoms with E-state index in [9.17, 15) is 9.59 Å². The second-order valence-corrected chi connectivity index (χ2v) is 7.06. The largest absolute Gasteiger partial charge is 0.497 e. The van der Waals surface area contributed by atoms with Gasteiger partial charge in [-0.2, -0.15) is 0 Å². The summed E-state index contributed by atoms with van der Waals surface area (Å²) in [4.78, 5) is 24.4. The van der Waals surface area contributed by atoms with Crippen LogP contribution in [0.2, 0.25) is 0 Å². The Bertz CT molecular complexity index is 1050. The van der Waals surface area contributed by atoms with E-state index in [1.165, 1.54) is 6.26 Å². The van der Waals surface area contributed by atoms with Crippen LogP contribution < -0.4 is 19.6 Å². The lowest BCUT2D eigenvalue weighted by atomic mass is 10.1. The second-order valence-electron chi connectivity index (χ2n) is 7.06. The van der Waals surface area contributed by atoms with Crippen LogP contribution in [0.1, 0.15) is 20.3 Å². The van der Waals surface area contributed by atoms with E-state index in [-0.39, 0.29) is 17.8 Å². The first-order chi connectivity index (χ1) is 14.5. The van der Waals surface area contributed by atoms with Crippen molar-refractivity contribution in [3.63, 3.8) is 0 Å². The van der Waals surface area contributed by atoms with Crippen molar-refractivity contribution in [2.45, 2.75) is 20.3 Å². The predicted octanol–water partition coefficient (Wildman–Crippen LogP) is 4.56. The molecule has 0 saturated heterocycles. The van der Waals surface area contributed by atoms with Crippen LogP contribution in [-0.4, -0.2) is 26.3 Å². The average molecular weight is 412 g/mol. The summed E-state index contributed by atoms with van der Waals surface area (Å²) in [6.45, 7) is 4.26. The maximum Gasteiger partial charge on any atom is 0.344 e. The Morgan fingerprint density at radius 2 is 1.73 bits per heavy atom. The molecule has 1 aromatic heterocycles. The Hall–Kier alpha value is -3.48. The minimum atomic E-state index is -0.444. The minimum Gasteiger partial charge on any atom is -0.497 e. The van der Waals surface area contributed by atoms with Crippen LogP contribution in [0.4, 0.5) is 0 Å². The summed E-state index contributed by atoms with van der Waals surface area (Å²) in [5, 5.41) is 0.341. The molecule has 0 spiro atoms. The number of carbonyl (C=O) groups excluding carboxylic acids is 1. The molecule has 0 fully saturated rings. The number of benzene rings is 2. The van der Waals surface area contributed by atoms with Gasteiger partial charge in [0.25, 0.3) is 0 Å². The molecule has 0 unspecified atom stereocenters. The molecule has 30 heavy (non-hydrogen) atoms. The lowest BCUT2D eigenvalue weighted by Gasteiger charge is -2.09. The fourth-order valence-electron chi connectivity index (χ4n) is 2.61. The number of hydrogen-bond donors (Lipinski definition) is 0. The summed E-state index contributed by atoms with van der Waals surface area (Å²) >= 11 is 0. The van der Waals surface area contributed by atoms with Crippen LogP contribution in [0.3, 0.4) is 0 Å². The van der Waals surface area contributed by atoms with Gasteiger partial charge >= 0.3 is 5.97 Å². The molecule has 7 nitrogen and oxygen atoms in total. The number of carbonyl (C=O) groups is 1. The van der Waals surface area contributed by atoms with Gasteiger partial charge in [0.15, 0.2) is 6.61 Å². The number of hydrogen-bond acceptors (Lipinski definition) is 7. The highest BCUT2D eigenvalue weighted by atomic mass is 16.6. The van der Waals surface area contributed by atoms with Gasteiger partial charge in [-0.3, -0.25) is 4.79 Å². The molecule has 158 valence electrons. The van der Waals surface area contributed by atoms with Gasteiger partial charge in [-0.05, 0) is 48.7 Å². The first-order valence-corrected chi connectivity index (χ1v) is 9.62. The Morgan fingerprint density at radius 1 is 1.03 bits per heavy atom. The quantitative estimate of drug-likeness (QED) is 0.476. The molecule has 0 N–H and O–H groups in total. The minimum absolute atomic E-state index is 0.0649. The topological polar surface area (TPSA) is 84.2 Å². The molecule has 0 saturated carbocycles. The van der Waals surface area contributed by atoms with Crippen molar-refractivity contribution in [1.82, 2.24) is 0 Å². The van der Waals surface area contributed by atoms with Crippen LogP contribution in [0.25, 0.3) is 11.0 Å². The highest BCUT2D eigenvalue weighted by Gasteiger charge is 2.11. The summed E-state index contributed by atoms with van der Waals surface area (Å²) in [6.07, 6.45) is 2.05. The van der Waals surface area contributed by atoms with E-state index < -0.39 is 5.97 Å². The van der Waals surface area contributed by atoms with Crippen molar-refractivity contribution in [1.29, 1.82) is 0 Å². The molecule has 0 bridgehead atoms. The fraction of sp³-hybridized carbons (Fsp3) is 0.304. The third-order valence-corrected chi connectivity index (χ3v) is 4.32. The molecule has 3 aromatic rings. The zero-order chi connectivity index (χ0) is 21.5. The van der Waals surface area contributed by atoms with Crippen LogP contribution in [0, 0.1) is 5.92 Å². The van der Waals surface area contributed by atoms with Gasteiger partial charge < -0.3 is 23.4 Å². The van der Waals surface area contributed by atoms with Crippen LogP contribution in [0.15, 0.2) is 57.9 Å². The molecule has 7 heteroatoms. The molecule has 2 aromatic carbocycles. The first-order valence-electron chi connectivity index (χ1n) is 9.62. The molecule has 0 radical (unpaired) electrons. The molecular weight excluding hydrogens is 388 g/mol. The van der Waals surface area contributed by atoms with Crippen molar-refractivity contribution in [3.8, 4) is 23.0 Å². The van der Waals surface area contributed by atoms with E-state index in [1.807, 2.05) is 0 Å². The van der Waals surface area contributed by atoms with Gasteiger partial charge in [0.05, 0.1) is 19.1 Å². The summed E-state index contributed by atoms with van der Waals surface area (Å²) in [5.41, 5.74) is 0.0134. The SMILES string of the molecule is COc1ccc(Oc2coc3cc(OCC(=O)OCCC(C)C)ccc3c2=O)cc1. The molecule has 0 amide bonds. The summed E-state index contributed by atoms with van der Waals surface area (Å²) in [7, 11) is 1.57. The highest BCUT2D eigenvalue weighted by molar-refractivity contribution is 5.79. The Labute approximate surface area is 174 Å². The van der Waals surface area contributed by atoms with Crippen molar-refractivity contribution >= 4 is 16.9 Å². The summed E-state index contributed by atoms with van der Waals surface area (Å²) < 4.78 is 26.8. The molecule has 1 heterocycles. The lowest BCUT2D eigenvalue weighted by Crippen LogP contribution is -2.16. The van der Waals surface area contributed by atoms with E-state index in [4.69, 9.17) is 23.4 Å². The van der Waals surface area contributed by atoms with Crippen LogP contribution in [-0.2, 0) is 9.53 Å². The van der Waals surface area contributed by atoms with Gasteiger partial charge in [0.2, 0.25) is 11.2 Å². The molecule has 0 atom stereocenters. The normalized spacial score (nSPS) is 10.8. The number of esters is 1. The van der Waals surface area contributed by atoms with Crippen LogP contribution in [0.5, 0.6) is 23.0 Å². The van der Waals surface area contributed by atoms with Gasteiger partial charge in [-0.25, -0.2) is 4.79 Å². The summed E-state index contributed by atoms with van der Waals surface area (Å²) in [6, 6.07) is 11.6. The Kier molecular flexibility index (Phi) is 6.95. The number of methoxy groups -OCH3 is 1. The van der Waals surface area contributed by atoms with Crippen molar-refractivity contribution in [2.24, 2.45) is 5.92 Å². The zero-order valence-corrected chi connectivity index (χ0v) is 17.2. The number of ether oxygens (including phenoxy) is 4. The van der Waals surface area contributed by atoms with Crippen molar-refractivity contribution in [2.75, 3.05) is 20.3 Å². The Balaban J connectivity index is 1.66. The van der Waals surface area contributed by atoms with Gasteiger partial charge in [0, 0.05) is 6.07 Å². The molecule has 0 aliphatic rings. The summed E-state index contributed by atoms with van der Waals surface area (Å²) in [5.74, 6) is 1.65. The third-order valence-electron chi connectivity index (χ3n) is 4.32. The average Bonchev–Trinajstić information content (AvgIpc) is 2.74. The predicted molar refractivity (Wildman–Crippen MR) is 111 cm³/mol. The lowest BCUT2D eigenvalue weighted by molar-refractivity contribution is -0.146. The van der Waals surface area contributed by atoms with Gasteiger partial charge in [-0.15, -0.1) is 0 Å². The van der Waals surface area contributed by atoms with Crippen LogP contribution >= 0.6 is 0 Å². The van der Waals surface area contributed by atoms with Crippen molar-refractivity contribution < 1.29 is 28.2 Å². The molecule has 0 aliphatic heterocycles. The standard InChI is InChI=1S/C23H24O7/c1-15(2)10-11-27-22(24)14-28-18-8-9-19-20(12-18)29-13-21(23(19)25)30-17-6-4-16(26-3)5-7-17/h4-9,12-13,15H,10-11,14H2,1-3H3. The highest BCUT2D eigenvalue weighted by Crippen LogP contribution is 2.25. The number of rotatable bonds is 9. The maximum atomic E-state index is 12.7. The van der Waals surface area contributed by atoms with Gasteiger partial charge in [-0.1, -0.05) is 13.8 Å². The van der Waals surface area contributed by atoms with E-state index >= 15 is 0 Å². The molecule has 3 rings (SSSR count).